The number of rotatable bonds is 1. The Balaban J connectivity index is 2.50. The van der Waals surface area contributed by atoms with Gasteiger partial charge in [0.25, 0.3) is 11.8 Å². The number of imide groups is 1. The molecule has 0 unspecified atom stereocenters. The number of hydrogen-bond donors (Lipinski definition) is 1. The quantitative estimate of drug-likeness (QED) is 0.725. The summed E-state index contributed by atoms with van der Waals surface area (Å²) in [7, 11) is 0. The lowest BCUT2D eigenvalue weighted by Gasteiger charge is -2.16. The fourth-order valence-corrected chi connectivity index (χ4v) is 1.63. The molecule has 1 N–H and O–H groups in total. The summed E-state index contributed by atoms with van der Waals surface area (Å²) in [5.41, 5.74) is 1.49. The third-order valence-corrected chi connectivity index (χ3v) is 2.47. The number of phenols is 1. The first kappa shape index (κ1) is 10.4. The van der Waals surface area contributed by atoms with Crippen LogP contribution in [0.25, 0.3) is 0 Å². The summed E-state index contributed by atoms with van der Waals surface area (Å²) >= 11 is 0. The van der Waals surface area contributed by atoms with Crippen LogP contribution in [-0.2, 0) is 9.59 Å². The van der Waals surface area contributed by atoms with E-state index in [1.54, 1.807) is 19.1 Å². The van der Waals surface area contributed by atoms with Crippen LogP contribution in [0.2, 0.25) is 0 Å². The maximum Gasteiger partial charge on any atom is 0.261 e. The van der Waals surface area contributed by atoms with Crippen molar-refractivity contribution < 1.29 is 14.7 Å². The van der Waals surface area contributed by atoms with E-state index in [1.165, 1.54) is 12.1 Å². The molecule has 1 aromatic rings. The summed E-state index contributed by atoms with van der Waals surface area (Å²) < 4.78 is 0. The van der Waals surface area contributed by atoms with Crippen LogP contribution in [0, 0.1) is 6.92 Å². The molecule has 0 spiro atoms. The average Bonchev–Trinajstić information content (AvgIpc) is 2.46. The van der Waals surface area contributed by atoms with Crippen molar-refractivity contribution in [3.8, 4) is 5.75 Å². The Kier molecular flexibility index (Phi) is 2.27. The van der Waals surface area contributed by atoms with Gasteiger partial charge in [0.2, 0.25) is 0 Å². The molecular weight excluding hydrogens is 206 g/mol. The van der Waals surface area contributed by atoms with Gasteiger partial charge in [-0.3, -0.25) is 9.59 Å². The van der Waals surface area contributed by atoms with Crippen LogP contribution in [0.3, 0.4) is 0 Å². The molecule has 2 rings (SSSR count). The molecule has 0 saturated heterocycles. The molecule has 1 aliphatic heterocycles. The first-order valence-electron chi connectivity index (χ1n) is 4.87. The van der Waals surface area contributed by atoms with Gasteiger partial charge in [-0.15, -0.1) is 0 Å². The van der Waals surface area contributed by atoms with Crippen LogP contribution in [0.4, 0.5) is 5.69 Å². The molecule has 4 nitrogen and oxygen atoms in total. The zero-order valence-electron chi connectivity index (χ0n) is 9.02. The number of anilines is 1. The normalized spacial score (nSPS) is 15.6. The number of hydrogen-bond acceptors (Lipinski definition) is 3. The summed E-state index contributed by atoms with van der Waals surface area (Å²) in [5.74, 6) is -0.871. The molecule has 1 heterocycles. The molecule has 0 fully saturated rings. The smallest absolute Gasteiger partial charge is 0.261 e. The van der Waals surface area contributed by atoms with E-state index in [2.05, 4.69) is 0 Å². The number of nitrogens with zero attached hydrogens (tertiary/aromatic N) is 1. The average molecular weight is 217 g/mol. The summed E-state index contributed by atoms with van der Waals surface area (Å²) in [4.78, 5) is 24.3. The van der Waals surface area contributed by atoms with E-state index in [0.29, 0.717) is 5.57 Å². The van der Waals surface area contributed by atoms with Crippen molar-refractivity contribution in [2.45, 2.75) is 13.8 Å². The molecule has 0 radical (unpaired) electrons. The van der Waals surface area contributed by atoms with E-state index in [1.807, 2.05) is 6.92 Å². The lowest BCUT2D eigenvalue weighted by molar-refractivity contribution is -0.120. The zero-order chi connectivity index (χ0) is 11.9. The molecule has 0 aliphatic carbocycles. The van der Waals surface area contributed by atoms with Crippen molar-refractivity contribution in [2.24, 2.45) is 0 Å². The van der Waals surface area contributed by atoms with Gasteiger partial charge in [0.15, 0.2) is 0 Å². The van der Waals surface area contributed by atoms with Gasteiger partial charge >= 0.3 is 0 Å². The number of benzene rings is 1. The second-order valence-corrected chi connectivity index (χ2v) is 3.80. The molecule has 0 atom stereocenters. The largest absolute Gasteiger partial charge is 0.506 e. The molecule has 0 aromatic heterocycles. The van der Waals surface area contributed by atoms with Crippen molar-refractivity contribution in [3.63, 3.8) is 0 Å². The SMILES string of the molecule is CC1=CC(=O)N(c2cc(C)ccc2O)C1=O. The topological polar surface area (TPSA) is 57.6 Å². The van der Waals surface area contributed by atoms with Gasteiger partial charge in [0.1, 0.15) is 5.75 Å². The molecular formula is C12H11NO3. The fraction of sp³-hybridized carbons (Fsp3) is 0.167. The van der Waals surface area contributed by atoms with Gasteiger partial charge in [-0.2, -0.15) is 0 Å². The first-order chi connectivity index (χ1) is 7.50. The maximum atomic E-state index is 11.7. The minimum Gasteiger partial charge on any atom is -0.506 e. The van der Waals surface area contributed by atoms with E-state index in [4.69, 9.17) is 0 Å². The number of phenolic OH excluding ortho intramolecular Hbond substituents is 1. The third-order valence-electron chi connectivity index (χ3n) is 2.47. The van der Waals surface area contributed by atoms with Crippen molar-refractivity contribution in [2.75, 3.05) is 4.90 Å². The monoisotopic (exact) mass is 217 g/mol. The standard InChI is InChI=1S/C12H11NO3/c1-7-3-4-10(14)9(5-7)13-11(15)6-8(2)12(13)16/h3-6,14H,1-2H3. The van der Waals surface area contributed by atoms with Crippen LogP contribution in [-0.4, -0.2) is 16.9 Å². The Morgan fingerprint density at radius 3 is 2.44 bits per heavy atom. The highest BCUT2D eigenvalue weighted by Crippen LogP contribution is 2.31. The van der Waals surface area contributed by atoms with E-state index in [0.717, 1.165) is 10.5 Å². The van der Waals surface area contributed by atoms with Crippen molar-refractivity contribution >= 4 is 17.5 Å². The second-order valence-electron chi connectivity index (χ2n) is 3.80. The minimum atomic E-state index is -0.414. The van der Waals surface area contributed by atoms with Crippen molar-refractivity contribution in [3.05, 3.63) is 35.4 Å². The van der Waals surface area contributed by atoms with E-state index in [9.17, 15) is 14.7 Å². The van der Waals surface area contributed by atoms with E-state index >= 15 is 0 Å². The Morgan fingerprint density at radius 2 is 1.88 bits per heavy atom. The third kappa shape index (κ3) is 1.48. The van der Waals surface area contributed by atoms with Gasteiger partial charge in [-0.1, -0.05) is 6.07 Å². The molecule has 4 heteroatoms. The lowest BCUT2D eigenvalue weighted by Crippen LogP contribution is -2.30. The van der Waals surface area contributed by atoms with Crippen LogP contribution < -0.4 is 4.90 Å². The summed E-state index contributed by atoms with van der Waals surface area (Å²) in [5, 5.41) is 9.65. The maximum absolute atomic E-state index is 11.7. The van der Waals surface area contributed by atoms with Gasteiger partial charge in [0, 0.05) is 11.6 Å². The van der Waals surface area contributed by atoms with Crippen LogP contribution in [0.1, 0.15) is 12.5 Å². The number of carbonyl (C=O) groups excluding carboxylic acids is 2. The molecule has 2 amide bonds. The fourth-order valence-electron chi connectivity index (χ4n) is 1.63. The Labute approximate surface area is 92.8 Å². The van der Waals surface area contributed by atoms with Crippen LogP contribution in [0.15, 0.2) is 29.8 Å². The molecule has 1 aliphatic rings. The van der Waals surface area contributed by atoms with Gasteiger partial charge in [0.05, 0.1) is 5.69 Å². The molecule has 0 bridgehead atoms. The Hall–Kier alpha value is -2.10. The predicted molar refractivity (Wildman–Crippen MR) is 59.1 cm³/mol. The Bertz CT molecular complexity index is 517. The predicted octanol–water partition coefficient (Wildman–Crippen LogP) is 1.52. The van der Waals surface area contributed by atoms with Gasteiger partial charge in [-0.05, 0) is 31.5 Å². The lowest BCUT2D eigenvalue weighted by atomic mass is 10.2. The summed E-state index contributed by atoms with van der Waals surface area (Å²) in [6, 6.07) is 4.79. The van der Waals surface area contributed by atoms with Gasteiger partial charge in [-0.25, -0.2) is 4.90 Å². The number of carbonyl (C=O) groups is 2. The summed E-state index contributed by atoms with van der Waals surface area (Å²) in [6.45, 7) is 3.40. The highest BCUT2D eigenvalue weighted by atomic mass is 16.3. The Morgan fingerprint density at radius 1 is 1.19 bits per heavy atom. The van der Waals surface area contributed by atoms with Crippen LogP contribution >= 0.6 is 0 Å². The highest BCUT2D eigenvalue weighted by Gasteiger charge is 2.31. The minimum absolute atomic E-state index is 0.0737. The number of amides is 2. The van der Waals surface area contributed by atoms with Crippen molar-refractivity contribution in [1.82, 2.24) is 0 Å². The molecule has 16 heavy (non-hydrogen) atoms. The number of aryl methyl sites for hydroxylation is 1. The van der Waals surface area contributed by atoms with Crippen LogP contribution in [0.5, 0.6) is 5.75 Å². The highest BCUT2D eigenvalue weighted by molar-refractivity contribution is 6.30. The summed E-state index contributed by atoms with van der Waals surface area (Å²) in [6.07, 6.45) is 1.27. The molecule has 0 saturated carbocycles. The van der Waals surface area contributed by atoms with E-state index < -0.39 is 5.91 Å². The molecule has 1 aromatic carbocycles. The number of aromatic hydroxyl groups is 1. The zero-order valence-corrected chi connectivity index (χ0v) is 9.02. The molecule has 82 valence electrons. The second kappa shape index (κ2) is 3.48. The van der Waals surface area contributed by atoms with Crippen molar-refractivity contribution in [1.29, 1.82) is 0 Å². The first-order valence-corrected chi connectivity index (χ1v) is 4.87. The van der Waals surface area contributed by atoms with E-state index in [-0.39, 0.29) is 17.3 Å². The van der Waals surface area contributed by atoms with Gasteiger partial charge < -0.3 is 5.11 Å².